The van der Waals surface area contributed by atoms with Crippen molar-refractivity contribution >= 4 is 17.2 Å². The molecular weight excluding hydrogens is 274 g/mol. The van der Waals surface area contributed by atoms with Gasteiger partial charge in [-0.15, -0.1) is 11.3 Å². The maximum Gasteiger partial charge on any atom is 0.267 e. The molecule has 0 atom stereocenters. The Morgan fingerprint density at radius 1 is 1.50 bits per heavy atom. The summed E-state index contributed by atoms with van der Waals surface area (Å²) in [7, 11) is 1.65. The van der Waals surface area contributed by atoms with Crippen molar-refractivity contribution in [1.82, 2.24) is 15.3 Å². The van der Waals surface area contributed by atoms with E-state index in [9.17, 15) is 4.79 Å². The van der Waals surface area contributed by atoms with Gasteiger partial charge in [0.1, 0.15) is 10.7 Å². The summed E-state index contributed by atoms with van der Waals surface area (Å²) >= 11 is 1.57. The van der Waals surface area contributed by atoms with Crippen LogP contribution in [0.15, 0.2) is 12.1 Å². The monoisotopic (exact) mass is 293 g/mol. The van der Waals surface area contributed by atoms with Crippen LogP contribution in [0.4, 0.5) is 0 Å². The summed E-state index contributed by atoms with van der Waals surface area (Å²) in [6.45, 7) is 5.00. The van der Waals surface area contributed by atoms with Crippen molar-refractivity contribution in [2.45, 2.75) is 33.4 Å². The number of rotatable bonds is 6. The number of amides is 1. The third-order valence-electron chi connectivity index (χ3n) is 2.99. The fraction of sp³-hybridized carbons (Fsp3) is 0.429. The van der Waals surface area contributed by atoms with Gasteiger partial charge in [-0.2, -0.15) is 0 Å². The Hall–Kier alpha value is -1.66. The zero-order valence-electron chi connectivity index (χ0n) is 11.9. The Morgan fingerprint density at radius 2 is 2.30 bits per heavy atom. The van der Waals surface area contributed by atoms with Crippen LogP contribution in [0.5, 0.6) is 0 Å². The summed E-state index contributed by atoms with van der Waals surface area (Å²) < 4.78 is 5.06. The number of H-pyrrole nitrogens is 1. The number of aromatic amines is 1. The molecule has 0 bridgehead atoms. The number of aryl methyl sites for hydroxylation is 2. The smallest absolute Gasteiger partial charge is 0.267 e. The molecule has 2 aromatic rings. The van der Waals surface area contributed by atoms with Crippen LogP contribution in [-0.4, -0.2) is 23.0 Å². The highest BCUT2D eigenvalue weighted by atomic mass is 32.1. The predicted octanol–water partition coefficient (Wildman–Crippen LogP) is 2.42. The van der Waals surface area contributed by atoms with E-state index in [1.807, 2.05) is 26.0 Å². The second kappa shape index (κ2) is 6.67. The van der Waals surface area contributed by atoms with Crippen molar-refractivity contribution in [3.63, 3.8) is 0 Å². The van der Waals surface area contributed by atoms with Crippen LogP contribution in [0.1, 0.15) is 38.7 Å². The van der Waals surface area contributed by atoms with Gasteiger partial charge in [-0.1, -0.05) is 6.92 Å². The van der Waals surface area contributed by atoms with E-state index < -0.39 is 0 Å². The number of carbonyl (C=O) groups is 1. The molecule has 0 aliphatic rings. The first-order chi connectivity index (χ1) is 9.63. The maximum absolute atomic E-state index is 12.0. The first kappa shape index (κ1) is 14.7. The largest absolute Gasteiger partial charge is 0.378 e. The number of methoxy groups -OCH3 is 1. The van der Waals surface area contributed by atoms with Crippen LogP contribution in [0.25, 0.3) is 0 Å². The van der Waals surface area contributed by atoms with Gasteiger partial charge in [0.15, 0.2) is 0 Å². The van der Waals surface area contributed by atoms with Crippen molar-refractivity contribution in [1.29, 1.82) is 0 Å². The van der Waals surface area contributed by atoms with Crippen molar-refractivity contribution in [3.8, 4) is 0 Å². The van der Waals surface area contributed by atoms with Gasteiger partial charge in [0.2, 0.25) is 0 Å². The van der Waals surface area contributed by atoms with Gasteiger partial charge in [-0.3, -0.25) is 4.79 Å². The minimum absolute atomic E-state index is 0.0919. The summed E-state index contributed by atoms with van der Waals surface area (Å²) in [6, 6.07) is 3.74. The molecular formula is C14H19N3O2S. The Labute approximate surface area is 122 Å². The Bertz CT molecular complexity index is 589. The zero-order chi connectivity index (χ0) is 14.5. The number of hydrogen-bond acceptors (Lipinski definition) is 4. The molecule has 0 saturated carbocycles. The van der Waals surface area contributed by atoms with Gasteiger partial charge in [0, 0.05) is 17.7 Å². The minimum atomic E-state index is -0.0919. The lowest BCUT2D eigenvalue weighted by atomic mass is 10.3. The van der Waals surface area contributed by atoms with Crippen LogP contribution in [0.3, 0.4) is 0 Å². The van der Waals surface area contributed by atoms with E-state index in [1.54, 1.807) is 18.4 Å². The molecule has 6 heteroatoms. The van der Waals surface area contributed by atoms with E-state index in [2.05, 4.69) is 15.3 Å². The maximum atomic E-state index is 12.0. The van der Waals surface area contributed by atoms with Gasteiger partial charge >= 0.3 is 0 Å². The highest BCUT2D eigenvalue weighted by Crippen LogP contribution is 2.18. The lowest BCUT2D eigenvalue weighted by molar-refractivity contribution is 0.0946. The third kappa shape index (κ3) is 3.46. The summed E-state index contributed by atoms with van der Waals surface area (Å²) in [4.78, 5) is 20.6. The molecule has 108 valence electrons. The number of thiazole rings is 1. The molecule has 1 amide bonds. The second-order valence-corrected chi connectivity index (χ2v) is 5.65. The molecule has 0 spiro atoms. The van der Waals surface area contributed by atoms with E-state index in [1.165, 1.54) is 0 Å². The molecule has 0 unspecified atom stereocenters. The summed E-state index contributed by atoms with van der Waals surface area (Å²) in [5, 5.41) is 3.84. The van der Waals surface area contributed by atoms with Gasteiger partial charge in [0.25, 0.3) is 5.91 Å². The molecule has 0 saturated heterocycles. The van der Waals surface area contributed by atoms with E-state index in [-0.39, 0.29) is 5.91 Å². The van der Waals surface area contributed by atoms with Gasteiger partial charge in [-0.05, 0) is 25.5 Å². The topological polar surface area (TPSA) is 67.0 Å². The number of hydrogen-bond donors (Lipinski definition) is 2. The molecule has 5 nitrogen and oxygen atoms in total. The van der Waals surface area contributed by atoms with Crippen LogP contribution in [-0.2, 0) is 24.3 Å². The van der Waals surface area contributed by atoms with Crippen molar-refractivity contribution < 1.29 is 9.53 Å². The van der Waals surface area contributed by atoms with Gasteiger partial charge < -0.3 is 15.0 Å². The number of nitrogens with one attached hydrogen (secondary N) is 2. The van der Waals surface area contributed by atoms with E-state index >= 15 is 0 Å². The molecule has 0 aromatic carbocycles. The first-order valence-corrected chi connectivity index (χ1v) is 7.36. The molecule has 20 heavy (non-hydrogen) atoms. The SMILES string of the molecule is CCc1ccc(C(=O)NCc2sc(COC)nc2C)[nH]1. The first-order valence-electron chi connectivity index (χ1n) is 6.54. The fourth-order valence-electron chi connectivity index (χ4n) is 1.87. The number of ether oxygens (including phenoxy) is 1. The van der Waals surface area contributed by atoms with Crippen LogP contribution < -0.4 is 5.32 Å². The number of aromatic nitrogens is 2. The van der Waals surface area contributed by atoms with Crippen LogP contribution in [0, 0.1) is 6.92 Å². The minimum Gasteiger partial charge on any atom is -0.378 e. The summed E-state index contributed by atoms with van der Waals surface area (Å²) in [6.07, 6.45) is 0.890. The summed E-state index contributed by atoms with van der Waals surface area (Å²) in [5.41, 5.74) is 2.61. The van der Waals surface area contributed by atoms with Gasteiger partial charge in [-0.25, -0.2) is 4.98 Å². The molecule has 2 heterocycles. The molecule has 0 aliphatic carbocycles. The third-order valence-corrected chi connectivity index (χ3v) is 4.12. The predicted molar refractivity (Wildman–Crippen MR) is 78.9 cm³/mol. The van der Waals surface area contributed by atoms with Crippen molar-refractivity contribution in [2.75, 3.05) is 7.11 Å². The lowest BCUT2D eigenvalue weighted by Crippen LogP contribution is -2.23. The van der Waals surface area contributed by atoms with E-state index in [0.717, 1.165) is 27.7 Å². The Kier molecular flexibility index (Phi) is 4.92. The molecule has 2 aromatic heterocycles. The molecule has 2 rings (SSSR count). The standard InChI is InChI=1S/C14H19N3O2S/c1-4-10-5-6-11(17-10)14(18)15-7-12-9(2)16-13(20-12)8-19-3/h5-6,17H,4,7-8H2,1-3H3,(H,15,18). The van der Waals surface area contributed by atoms with Gasteiger partial charge in [0.05, 0.1) is 18.8 Å². The number of nitrogens with zero attached hydrogens (tertiary/aromatic N) is 1. The quantitative estimate of drug-likeness (QED) is 0.859. The average molecular weight is 293 g/mol. The number of carbonyl (C=O) groups excluding carboxylic acids is 1. The average Bonchev–Trinajstić information content (AvgIpc) is 3.03. The van der Waals surface area contributed by atoms with Crippen LogP contribution in [0.2, 0.25) is 0 Å². The zero-order valence-corrected chi connectivity index (χ0v) is 12.8. The second-order valence-electron chi connectivity index (χ2n) is 4.48. The Morgan fingerprint density at radius 3 is 2.95 bits per heavy atom. The lowest BCUT2D eigenvalue weighted by Gasteiger charge is -2.02. The molecule has 0 fully saturated rings. The molecule has 2 N–H and O–H groups in total. The fourth-order valence-corrected chi connectivity index (χ4v) is 2.85. The molecule has 0 radical (unpaired) electrons. The molecule has 0 aliphatic heterocycles. The van der Waals surface area contributed by atoms with Crippen LogP contribution >= 0.6 is 11.3 Å². The normalized spacial score (nSPS) is 10.8. The van der Waals surface area contributed by atoms with Crippen molar-refractivity contribution in [3.05, 3.63) is 39.1 Å². The van der Waals surface area contributed by atoms with E-state index in [4.69, 9.17) is 4.74 Å². The Balaban J connectivity index is 1.96. The van der Waals surface area contributed by atoms with Crippen molar-refractivity contribution in [2.24, 2.45) is 0 Å². The van der Waals surface area contributed by atoms with E-state index in [0.29, 0.717) is 18.8 Å². The highest BCUT2D eigenvalue weighted by Gasteiger charge is 2.11. The summed E-state index contributed by atoms with van der Waals surface area (Å²) in [5.74, 6) is -0.0919. The highest BCUT2D eigenvalue weighted by molar-refractivity contribution is 7.11.